The monoisotopic (exact) mass is 240 g/mol. The quantitative estimate of drug-likeness (QED) is 0.795. The van der Waals surface area contributed by atoms with Crippen molar-refractivity contribution in [2.24, 2.45) is 5.41 Å². The Morgan fingerprint density at radius 3 is 2.59 bits per heavy atom. The molecule has 0 atom stereocenters. The van der Waals surface area contributed by atoms with Gasteiger partial charge in [0.25, 0.3) is 0 Å². The second kappa shape index (κ2) is 6.17. The van der Waals surface area contributed by atoms with E-state index in [1.165, 1.54) is 0 Å². The number of hydrogen-bond donors (Lipinski definition) is 1. The zero-order chi connectivity index (χ0) is 12.9. The summed E-state index contributed by atoms with van der Waals surface area (Å²) in [4.78, 5) is 4.34. The molecule has 0 aliphatic rings. The van der Waals surface area contributed by atoms with Crippen LogP contribution in [0.25, 0.3) is 0 Å². The van der Waals surface area contributed by atoms with Crippen LogP contribution in [-0.2, 0) is 11.3 Å². The van der Waals surface area contributed by atoms with E-state index in [1.54, 1.807) is 7.11 Å². The molecule has 98 valence electrons. The Hall–Kier alpha value is -0.870. The fraction of sp³-hybridized carbons (Fsp3) is 0.769. The third-order valence-corrected chi connectivity index (χ3v) is 2.94. The van der Waals surface area contributed by atoms with Crippen LogP contribution in [0.2, 0.25) is 0 Å². The van der Waals surface area contributed by atoms with Crippen LogP contribution in [0.3, 0.4) is 0 Å². The minimum atomic E-state index is 0.229. The van der Waals surface area contributed by atoms with Crippen molar-refractivity contribution in [3.63, 3.8) is 0 Å². The van der Waals surface area contributed by atoms with Crippen LogP contribution >= 0.6 is 0 Å². The number of nitrogens with one attached hydrogen (secondary N) is 1. The van der Waals surface area contributed by atoms with Crippen molar-refractivity contribution in [1.29, 1.82) is 0 Å². The molecule has 17 heavy (non-hydrogen) atoms. The maximum Gasteiger partial charge on any atom is 0.208 e. The standard InChI is InChI=1S/C13H24N2O2/c1-10-11(2)17-12(15-10)8-14-9-13(3,4)6-7-16-5/h14H,6-9H2,1-5H3. The zero-order valence-electron chi connectivity index (χ0n) is 11.6. The summed E-state index contributed by atoms with van der Waals surface area (Å²) in [5.74, 6) is 1.67. The highest BCUT2D eigenvalue weighted by Crippen LogP contribution is 2.19. The van der Waals surface area contributed by atoms with E-state index in [2.05, 4.69) is 24.1 Å². The predicted molar refractivity (Wildman–Crippen MR) is 68.0 cm³/mol. The van der Waals surface area contributed by atoms with Gasteiger partial charge < -0.3 is 14.5 Å². The summed E-state index contributed by atoms with van der Waals surface area (Å²) in [5, 5.41) is 3.38. The molecule has 0 amide bonds. The highest BCUT2D eigenvalue weighted by Gasteiger charge is 2.17. The number of aromatic nitrogens is 1. The van der Waals surface area contributed by atoms with Gasteiger partial charge in [-0.15, -0.1) is 0 Å². The van der Waals surface area contributed by atoms with Crippen molar-refractivity contribution in [2.45, 2.75) is 40.7 Å². The van der Waals surface area contributed by atoms with Gasteiger partial charge in [-0.05, 0) is 25.7 Å². The Bertz CT molecular complexity index is 326. The molecule has 0 bridgehead atoms. The van der Waals surface area contributed by atoms with Crippen LogP contribution in [0, 0.1) is 19.3 Å². The van der Waals surface area contributed by atoms with E-state index in [-0.39, 0.29) is 5.41 Å². The highest BCUT2D eigenvalue weighted by molar-refractivity contribution is 5.05. The zero-order valence-corrected chi connectivity index (χ0v) is 11.6. The molecule has 0 aromatic carbocycles. The molecule has 0 spiro atoms. The molecule has 0 fully saturated rings. The van der Waals surface area contributed by atoms with Crippen LogP contribution in [0.5, 0.6) is 0 Å². The summed E-state index contributed by atoms with van der Waals surface area (Å²) in [5.41, 5.74) is 1.20. The Morgan fingerprint density at radius 1 is 1.35 bits per heavy atom. The van der Waals surface area contributed by atoms with E-state index in [0.717, 1.165) is 36.9 Å². The van der Waals surface area contributed by atoms with Gasteiger partial charge >= 0.3 is 0 Å². The minimum absolute atomic E-state index is 0.229. The van der Waals surface area contributed by atoms with Crippen molar-refractivity contribution < 1.29 is 9.15 Å². The molecule has 1 aromatic heterocycles. The lowest BCUT2D eigenvalue weighted by Crippen LogP contribution is -2.30. The average molecular weight is 240 g/mol. The normalized spacial score (nSPS) is 12.1. The Kier molecular flexibility index (Phi) is 5.15. The van der Waals surface area contributed by atoms with Crippen molar-refractivity contribution in [1.82, 2.24) is 10.3 Å². The van der Waals surface area contributed by atoms with Gasteiger partial charge in [0.15, 0.2) is 0 Å². The summed E-state index contributed by atoms with van der Waals surface area (Å²) < 4.78 is 10.6. The van der Waals surface area contributed by atoms with E-state index in [0.29, 0.717) is 6.54 Å². The van der Waals surface area contributed by atoms with Crippen LogP contribution in [0.1, 0.15) is 37.6 Å². The maximum atomic E-state index is 5.51. The smallest absolute Gasteiger partial charge is 0.208 e. The van der Waals surface area contributed by atoms with Gasteiger partial charge in [-0.3, -0.25) is 0 Å². The van der Waals surface area contributed by atoms with E-state index >= 15 is 0 Å². The van der Waals surface area contributed by atoms with Crippen molar-refractivity contribution >= 4 is 0 Å². The summed E-state index contributed by atoms with van der Waals surface area (Å²) in [6, 6.07) is 0. The van der Waals surface area contributed by atoms with Gasteiger partial charge in [0, 0.05) is 20.3 Å². The SMILES string of the molecule is COCCC(C)(C)CNCc1nc(C)c(C)o1. The third kappa shape index (κ3) is 4.88. The maximum absolute atomic E-state index is 5.51. The number of methoxy groups -OCH3 is 1. The molecule has 4 heteroatoms. The van der Waals surface area contributed by atoms with Crippen LogP contribution in [0.4, 0.5) is 0 Å². The average Bonchev–Trinajstić information content (AvgIpc) is 2.55. The molecule has 1 rings (SSSR count). The molecule has 0 saturated heterocycles. The lowest BCUT2D eigenvalue weighted by molar-refractivity contribution is 0.150. The number of nitrogens with zero attached hydrogens (tertiary/aromatic N) is 1. The lowest BCUT2D eigenvalue weighted by Gasteiger charge is -2.24. The molecule has 1 N–H and O–H groups in total. The molecule has 1 aromatic rings. The first-order valence-electron chi connectivity index (χ1n) is 6.07. The van der Waals surface area contributed by atoms with Crippen molar-refractivity contribution in [3.8, 4) is 0 Å². The number of oxazole rings is 1. The summed E-state index contributed by atoms with van der Waals surface area (Å²) in [7, 11) is 1.74. The van der Waals surface area contributed by atoms with E-state index in [4.69, 9.17) is 9.15 Å². The van der Waals surface area contributed by atoms with E-state index in [9.17, 15) is 0 Å². The van der Waals surface area contributed by atoms with Crippen molar-refractivity contribution in [3.05, 3.63) is 17.3 Å². The fourth-order valence-corrected chi connectivity index (χ4v) is 1.59. The van der Waals surface area contributed by atoms with Gasteiger partial charge in [-0.1, -0.05) is 13.8 Å². The Balaban J connectivity index is 2.31. The predicted octanol–water partition coefficient (Wildman–Crippen LogP) is 2.44. The molecule has 4 nitrogen and oxygen atoms in total. The second-order valence-electron chi connectivity index (χ2n) is 5.26. The topological polar surface area (TPSA) is 47.3 Å². The molecule has 0 unspecified atom stereocenters. The lowest BCUT2D eigenvalue weighted by atomic mass is 9.90. The number of ether oxygens (including phenoxy) is 1. The first-order valence-corrected chi connectivity index (χ1v) is 6.07. The van der Waals surface area contributed by atoms with Gasteiger partial charge in [0.05, 0.1) is 12.2 Å². The summed E-state index contributed by atoms with van der Waals surface area (Å²) >= 11 is 0. The molecule has 0 saturated carbocycles. The minimum Gasteiger partial charge on any atom is -0.444 e. The Labute approximate surface area is 104 Å². The highest BCUT2D eigenvalue weighted by atomic mass is 16.5. The Morgan fingerprint density at radius 2 is 2.06 bits per heavy atom. The van der Waals surface area contributed by atoms with Gasteiger partial charge in [-0.25, -0.2) is 4.98 Å². The second-order valence-corrected chi connectivity index (χ2v) is 5.26. The first-order chi connectivity index (χ1) is 7.94. The fourth-order valence-electron chi connectivity index (χ4n) is 1.59. The number of rotatable bonds is 7. The molecule has 0 radical (unpaired) electrons. The molecular formula is C13H24N2O2. The molecule has 0 aliphatic carbocycles. The van der Waals surface area contributed by atoms with Gasteiger partial charge in [0.2, 0.25) is 5.89 Å². The van der Waals surface area contributed by atoms with E-state index < -0.39 is 0 Å². The first kappa shape index (κ1) is 14.2. The number of aryl methyl sites for hydroxylation is 2. The molecule has 0 aliphatic heterocycles. The van der Waals surface area contributed by atoms with Gasteiger partial charge in [0.1, 0.15) is 5.76 Å². The summed E-state index contributed by atoms with van der Waals surface area (Å²) in [6.07, 6.45) is 1.04. The third-order valence-electron chi connectivity index (χ3n) is 2.94. The van der Waals surface area contributed by atoms with Gasteiger partial charge in [-0.2, -0.15) is 0 Å². The summed E-state index contributed by atoms with van der Waals surface area (Å²) in [6.45, 7) is 10.8. The molecular weight excluding hydrogens is 216 g/mol. The van der Waals surface area contributed by atoms with Crippen LogP contribution in [0.15, 0.2) is 4.42 Å². The van der Waals surface area contributed by atoms with Crippen molar-refractivity contribution in [2.75, 3.05) is 20.3 Å². The van der Waals surface area contributed by atoms with Crippen LogP contribution < -0.4 is 5.32 Å². The van der Waals surface area contributed by atoms with E-state index in [1.807, 2.05) is 13.8 Å². The number of hydrogen-bond acceptors (Lipinski definition) is 4. The molecule has 1 heterocycles. The van der Waals surface area contributed by atoms with Crippen LogP contribution in [-0.4, -0.2) is 25.2 Å². The largest absolute Gasteiger partial charge is 0.444 e.